The van der Waals surface area contributed by atoms with Gasteiger partial charge in [0.1, 0.15) is 17.9 Å². The van der Waals surface area contributed by atoms with Gasteiger partial charge < -0.3 is 15.4 Å². The van der Waals surface area contributed by atoms with Gasteiger partial charge in [-0.05, 0) is 55.4 Å². The quantitative estimate of drug-likeness (QED) is 0.865. The molecule has 0 radical (unpaired) electrons. The van der Waals surface area contributed by atoms with E-state index >= 15 is 0 Å². The van der Waals surface area contributed by atoms with Gasteiger partial charge in [0, 0.05) is 30.8 Å². The zero-order valence-electron chi connectivity index (χ0n) is 15.2. The van der Waals surface area contributed by atoms with Crippen molar-refractivity contribution >= 4 is 11.7 Å². The van der Waals surface area contributed by atoms with Gasteiger partial charge in [0.15, 0.2) is 0 Å². The highest BCUT2D eigenvalue weighted by Crippen LogP contribution is 2.37. The highest BCUT2D eigenvalue weighted by molar-refractivity contribution is 5.97. The van der Waals surface area contributed by atoms with Gasteiger partial charge in [-0.2, -0.15) is 0 Å². The number of fused-ring (bicyclic) bond motifs is 1. The fourth-order valence-corrected chi connectivity index (χ4v) is 3.92. The Morgan fingerprint density at radius 2 is 1.92 bits per heavy atom. The summed E-state index contributed by atoms with van der Waals surface area (Å²) in [7, 11) is 3.47. The van der Waals surface area contributed by atoms with Crippen LogP contribution in [0.4, 0.5) is 5.82 Å². The Hall–Kier alpha value is -2.63. The Morgan fingerprint density at radius 1 is 1.15 bits per heavy atom. The van der Waals surface area contributed by atoms with Crippen LogP contribution in [0.1, 0.15) is 52.4 Å². The Morgan fingerprint density at radius 3 is 2.65 bits per heavy atom. The predicted molar refractivity (Wildman–Crippen MR) is 99.8 cm³/mol. The molecule has 6 nitrogen and oxygen atoms in total. The molecule has 1 heterocycles. The molecular weight excluding hydrogens is 328 g/mol. The average molecular weight is 352 g/mol. The van der Waals surface area contributed by atoms with E-state index in [1.807, 2.05) is 25.2 Å². The molecule has 2 N–H and O–H groups in total. The van der Waals surface area contributed by atoms with E-state index in [1.165, 1.54) is 11.1 Å². The molecule has 2 aliphatic rings. The largest absolute Gasteiger partial charge is 0.496 e. The van der Waals surface area contributed by atoms with Crippen LogP contribution in [0.25, 0.3) is 0 Å². The molecule has 136 valence electrons. The molecule has 1 aromatic carbocycles. The number of aromatic nitrogens is 2. The number of aryl methyl sites for hydroxylation is 2. The van der Waals surface area contributed by atoms with Crippen molar-refractivity contribution < 1.29 is 9.53 Å². The smallest absolute Gasteiger partial charge is 0.255 e. The van der Waals surface area contributed by atoms with Gasteiger partial charge in [0.25, 0.3) is 5.91 Å². The third-order valence-corrected chi connectivity index (χ3v) is 5.49. The molecule has 1 saturated carbocycles. The summed E-state index contributed by atoms with van der Waals surface area (Å²) in [6.07, 6.45) is 6.67. The van der Waals surface area contributed by atoms with Crippen molar-refractivity contribution in [3.63, 3.8) is 0 Å². The second-order valence-electron chi connectivity index (χ2n) is 7.09. The third kappa shape index (κ3) is 3.11. The van der Waals surface area contributed by atoms with E-state index < -0.39 is 0 Å². The third-order valence-electron chi connectivity index (χ3n) is 5.49. The summed E-state index contributed by atoms with van der Waals surface area (Å²) in [4.78, 5) is 21.3. The number of hydrogen-bond donors (Lipinski definition) is 2. The molecule has 0 atom stereocenters. The second-order valence-corrected chi connectivity index (χ2v) is 7.09. The summed E-state index contributed by atoms with van der Waals surface area (Å²) in [5, 5.41) is 6.18. The minimum atomic E-state index is -0.0430. The number of rotatable bonds is 5. The standard InChI is InChI=1S/C20H24N4O2/c1-21-19-10-17(22-11-23-19)14-6-15(7-14)24-20(25)16-8-12-4-3-5-13(12)9-18(16)26-2/h8-11,14-15H,3-7H2,1-2H3,(H,24,25)(H,21,22,23). The van der Waals surface area contributed by atoms with E-state index in [0.717, 1.165) is 43.6 Å². The summed E-state index contributed by atoms with van der Waals surface area (Å²) in [6.45, 7) is 0. The molecule has 0 aliphatic heterocycles. The molecule has 0 spiro atoms. The molecule has 1 amide bonds. The van der Waals surface area contributed by atoms with Gasteiger partial charge in [-0.15, -0.1) is 0 Å². The Balaban J connectivity index is 1.41. The highest BCUT2D eigenvalue weighted by atomic mass is 16.5. The second kappa shape index (κ2) is 6.94. The van der Waals surface area contributed by atoms with Gasteiger partial charge in [-0.1, -0.05) is 0 Å². The van der Waals surface area contributed by atoms with Crippen LogP contribution in [0.3, 0.4) is 0 Å². The predicted octanol–water partition coefficient (Wildman–Crippen LogP) is 2.69. The summed E-state index contributed by atoms with van der Waals surface area (Å²) < 4.78 is 5.46. The van der Waals surface area contributed by atoms with Crippen molar-refractivity contribution in [1.29, 1.82) is 0 Å². The lowest BCUT2D eigenvalue weighted by atomic mass is 9.78. The van der Waals surface area contributed by atoms with Crippen LogP contribution in [0.15, 0.2) is 24.5 Å². The summed E-state index contributed by atoms with van der Waals surface area (Å²) >= 11 is 0. The summed E-state index contributed by atoms with van der Waals surface area (Å²) in [6, 6.07) is 6.20. The van der Waals surface area contributed by atoms with E-state index in [0.29, 0.717) is 17.2 Å². The van der Waals surface area contributed by atoms with E-state index in [-0.39, 0.29) is 11.9 Å². The van der Waals surface area contributed by atoms with E-state index in [4.69, 9.17) is 4.74 Å². The SMILES string of the molecule is CNc1cc(C2CC(NC(=O)c3cc4c(cc3OC)CCC4)C2)ncn1. The maximum Gasteiger partial charge on any atom is 0.255 e. The molecule has 0 bridgehead atoms. The van der Waals surface area contributed by atoms with Crippen molar-refractivity contribution in [2.75, 3.05) is 19.5 Å². The minimum absolute atomic E-state index is 0.0430. The fourth-order valence-electron chi connectivity index (χ4n) is 3.92. The number of carbonyl (C=O) groups is 1. The zero-order valence-corrected chi connectivity index (χ0v) is 15.2. The van der Waals surface area contributed by atoms with Crippen molar-refractivity contribution in [3.8, 4) is 5.75 Å². The lowest BCUT2D eigenvalue weighted by Gasteiger charge is -2.35. The molecule has 6 heteroatoms. The molecule has 0 unspecified atom stereocenters. The molecule has 4 rings (SSSR count). The van der Waals surface area contributed by atoms with Crippen LogP contribution in [-0.2, 0) is 12.8 Å². The van der Waals surface area contributed by atoms with Crippen LogP contribution in [0.5, 0.6) is 5.75 Å². The molecule has 26 heavy (non-hydrogen) atoms. The van der Waals surface area contributed by atoms with Crippen molar-refractivity contribution in [2.24, 2.45) is 0 Å². The van der Waals surface area contributed by atoms with E-state index in [2.05, 4.69) is 20.6 Å². The van der Waals surface area contributed by atoms with Gasteiger partial charge in [0.2, 0.25) is 0 Å². The Labute approximate surface area is 153 Å². The first-order valence-electron chi connectivity index (χ1n) is 9.18. The number of carbonyl (C=O) groups excluding carboxylic acids is 1. The van der Waals surface area contributed by atoms with Gasteiger partial charge in [-0.3, -0.25) is 4.79 Å². The van der Waals surface area contributed by atoms with Gasteiger partial charge in [-0.25, -0.2) is 9.97 Å². The maximum absolute atomic E-state index is 12.7. The lowest BCUT2D eigenvalue weighted by molar-refractivity contribution is 0.0905. The van der Waals surface area contributed by atoms with E-state index in [9.17, 15) is 4.79 Å². The number of nitrogens with one attached hydrogen (secondary N) is 2. The topological polar surface area (TPSA) is 76.1 Å². The number of amides is 1. The highest BCUT2D eigenvalue weighted by Gasteiger charge is 2.33. The molecule has 1 aromatic heterocycles. The summed E-state index contributed by atoms with van der Waals surface area (Å²) in [5.74, 6) is 1.83. The number of anilines is 1. The monoisotopic (exact) mass is 352 g/mol. The van der Waals surface area contributed by atoms with Crippen molar-refractivity contribution in [2.45, 2.75) is 44.1 Å². The summed E-state index contributed by atoms with van der Waals surface area (Å²) in [5.41, 5.74) is 4.27. The number of ether oxygens (including phenoxy) is 1. The minimum Gasteiger partial charge on any atom is -0.496 e. The molecule has 2 aliphatic carbocycles. The average Bonchev–Trinajstić information content (AvgIpc) is 3.10. The van der Waals surface area contributed by atoms with Crippen molar-refractivity contribution in [1.82, 2.24) is 15.3 Å². The number of benzene rings is 1. The zero-order chi connectivity index (χ0) is 18.1. The number of nitrogens with zero attached hydrogens (tertiary/aromatic N) is 2. The van der Waals surface area contributed by atoms with Crippen LogP contribution in [-0.4, -0.2) is 36.1 Å². The van der Waals surface area contributed by atoms with Gasteiger partial charge in [0.05, 0.1) is 12.7 Å². The normalized spacial score (nSPS) is 20.8. The maximum atomic E-state index is 12.7. The Kier molecular flexibility index (Phi) is 4.49. The number of hydrogen-bond acceptors (Lipinski definition) is 5. The van der Waals surface area contributed by atoms with E-state index in [1.54, 1.807) is 13.4 Å². The van der Waals surface area contributed by atoms with Crippen molar-refractivity contribution in [3.05, 3.63) is 46.9 Å². The van der Waals surface area contributed by atoms with Crippen LogP contribution in [0.2, 0.25) is 0 Å². The molecule has 2 aromatic rings. The first-order valence-corrected chi connectivity index (χ1v) is 9.18. The lowest BCUT2D eigenvalue weighted by Crippen LogP contribution is -2.43. The van der Waals surface area contributed by atoms with Crippen LogP contribution >= 0.6 is 0 Å². The first kappa shape index (κ1) is 16.8. The molecule has 0 saturated heterocycles. The number of methoxy groups -OCH3 is 1. The Bertz CT molecular complexity index is 831. The van der Waals surface area contributed by atoms with Crippen LogP contribution < -0.4 is 15.4 Å². The van der Waals surface area contributed by atoms with Crippen LogP contribution in [0, 0.1) is 0 Å². The fraction of sp³-hybridized carbons (Fsp3) is 0.450. The van der Waals surface area contributed by atoms with Gasteiger partial charge >= 0.3 is 0 Å². The molecule has 1 fully saturated rings. The molecular formula is C20H24N4O2. The first-order chi connectivity index (χ1) is 12.7.